The van der Waals surface area contributed by atoms with Gasteiger partial charge in [0.2, 0.25) is 5.91 Å². The van der Waals surface area contributed by atoms with Gasteiger partial charge in [-0.2, -0.15) is 10.4 Å². The molecule has 0 aromatic heterocycles. The van der Waals surface area contributed by atoms with Crippen molar-refractivity contribution in [2.24, 2.45) is 5.10 Å². The maximum atomic E-state index is 12.0. The first-order valence-electron chi connectivity index (χ1n) is 9.68. The fraction of sp³-hybridized carbons (Fsp3) is 0.125. The molecule has 3 aromatic rings. The number of nitrogens with zero attached hydrogens (tertiary/aromatic N) is 2. The van der Waals surface area contributed by atoms with Crippen LogP contribution in [0.25, 0.3) is 0 Å². The van der Waals surface area contributed by atoms with Crippen molar-refractivity contribution >= 4 is 47.1 Å². The molecule has 0 bridgehead atoms. The summed E-state index contributed by atoms with van der Waals surface area (Å²) < 4.78 is 11.2. The van der Waals surface area contributed by atoms with Crippen LogP contribution in [0.1, 0.15) is 16.7 Å². The number of nitriles is 1. The molecule has 3 aromatic carbocycles. The van der Waals surface area contributed by atoms with Gasteiger partial charge in [0.15, 0.2) is 11.5 Å². The lowest BCUT2D eigenvalue weighted by molar-refractivity contribution is -0.118. The SMILES string of the molecule is COc1cc(/C=N\NC(=O)CSc2ccc(Cl)cc2)cc(Cl)c1OCc1ccccc1C#N. The number of hydrazone groups is 1. The van der Waals surface area contributed by atoms with E-state index in [-0.39, 0.29) is 18.3 Å². The fourth-order valence-electron chi connectivity index (χ4n) is 2.75. The van der Waals surface area contributed by atoms with Gasteiger partial charge in [0.1, 0.15) is 6.61 Å². The highest BCUT2D eigenvalue weighted by atomic mass is 35.5. The number of benzene rings is 3. The van der Waals surface area contributed by atoms with Crippen LogP contribution in [0, 0.1) is 11.3 Å². The number of halogens is 2. The summed E-state index contributed by atoms with van der Waals surface area (Å²) >= 11 is 13.6. The molecule has 0 unspecified atom stereocenters. The number of hydrogen-bond acceptors (Lipinski definition) is 6. The summed E-state index contributed by atoms with van der Waals surface area (Å²) in [6.07, 6.45) is 1.47. The smallest absolute Gasteiger partial charge is 0.250 e. The Hall–Kier alpha value is -3.18. The molecule has 0 aliphatic heterocycles. The van der Waals surface area contributed by atoms with Gasteiger partial charge in [-0.05, 0) is 48.0 Å². The molecule has 0 aliphatic rings. The molecule has 0 spiro atoms. The molecule has 6 nitrogen and oxygen atoms in total. The number of thioether (sulfide) groups is 1. The van der Waals surface area contributed by atoms with E-state index < -0.39 is 0 Å². The molecule has 0 atom stereocenters. The van der Waals surface area contributed by atoms with Crippen molar-refractivity contribution < 1.29 is 14.3 Å². The van der Waals surface area contributed by atoms with E-state index in [9.17, 15) is 10.1 Å². The predicted octanol–water partition coefficient (Wildman–Crippen LogP) is 5.70. The van der Waals surface area contributed by atoms with Crippen LogP contribution in [0.15, 0.2) is 70.7 Å². The van der Waals surface area contributed by atoms with Crippen LogP contribution in [-0.2, 0) is 11.4 Å². The molecule has 0 saturated heterocycles. The van der Waals surface area contributed by atoms with Crippen LogP contribution in [-0.4, -0.2) is 25.0 Å². The van der Waals surface area contributed by atoms with E-state index in [2.05, 4.69) is 16.6 Å². The van der Waals surface area contributed by atoms with E-state index >= 15 is 0 Å². The molecule has 9 heteroatoms. The average Bonchev–Trinajstić information content (AvgIpc) is 2.83. The molecule has 1 N–H and O–H groups in total. The highest BCUT2D eigenvalue weighted by molar-refractivity contribution is 8.00. The zero-order valence-electron chi connectivity index (χ0n) is 17.5. The molecular formula is C24H19Cl2N3O3S. The summed E-state index contributed by atoms with van der Waals surface area (Å²) in [6.45, 7) is 0.161. The monoisotopic (exact) mass is 499 g/mol. The largest absolute Gasteiger partial charge is 0.493 e. The van der Waals surface area contributed by atoms with E-state index in [1.807, 2.05) is 24.3 Å². The topological polar surface area (TPSA) is 83.7 Å². The lowest BCUT2D eigenvalue weighted by Crippen LogP contribution is -2.19. The normalized spacial score (nSPS) is 10.6. The number of nitrogens with one attached hydrogen (secondary N) is 1. The number of amides is 1. The van der Waals surface area contributed by atoms with Gasteiger partial charge in [0.25, 0.3) is 0 Å². The van der Waals surface area contributed by atoms with Crippen LogP contribution in [0.2, 0.25) is 10.0 Å². The summed E-state index contributed by atoms with van der Waals surface area (Å²) in [5, 5.41) is 14.2. The van der Waals surface area contributed by atoms with Gasteiger partial charge in [-0.3, -0.25) is 4.79 Å². The van der Waals surface area contributed by atoms with Crippen molar-refractivity contribution in [2.75, 3.05) is 12.9 Å². The molecule has 0 saturated carbocycles. The first-order chi connectivity index (χ1) is 16.0. The van der Waals surface area contributed by atoms with Gasteiger partial charge in [-0.15, -0.1) is 11.8 Å². The van der Waals surface area contributed by atoms with E-state index in [4.69, 9.17) is 32.7 Å². The van der Waals surface area contributed by atoms with Crippen LogP contribution in [0.5, 0.6) is 11.5 Å². The first-order valence-corrected chi connectivity index (χ1v) is 11.4. The van der Waals surface area contributed by atoms with Crippen molar-refractivity contribution in [3.63, 3.8) is 0 Å². The molecular weight excluding hydrogens is 481 g/mol. The number of hydrogen-bond donors (Lipinski definition) is 1. The minimum absolute atomic E-state index is 0.161. The van der Waals surface area contributed by atoms with Gasteiger partial charge in [0, 0.05) is 15.5 Å². The third kappa shape index (κ3) is 7.16. The Bertz CT molecular complexity index is 1190. The third-order valence-corrected chi connectivity index (χ3v) is 5.89. The predicted molar refractivity (Wildman–Crippen MR) is 131 cm³/mol. The molecule has 0 aliphatic carbocycles. The second kappa shape index (κ2) is 12.2. The highest BCUT2D eigenvalue weighted by Gasteiger charge is 2.13. The maximum absolute atomic E-state index is 12.0. The third-order valence-electron chi connectivity index (χ3n) is 4.35. The fourth-order valence-corrected chi connectivity index (χ4v) is 3.84. The summed E-state index contributed by atoms with van der Waals surface area (Å²) in [6, 6.07) is 19.9. The van der Waals surface area contributed by atoms with Crippen molar-refractivity contribution in [1.82, 2.24) is 5.43 Å². The molecule has 1 amide bonds. The Morgan fingerprint density at radius 3 is 2.67 bits per heavy atom. The van der Waals surface area contributed by atoms with E-state index in [1.165, 1.54) is 25.1 Å². The van der Waals surface area contributed by atoms with Crippen LogP contribution in [0.4, 0.5) is 0 Å². The van der Waals surface area contributed by atoms with Gasteiger partial charge in [-0.25, -0.2) is 5.43 Å². The molecule has 3 rings (SSSR count). The highest BCUT2D eigenvalue weighted by Crippen LogP contribution is 2.36. The Labute approximate surface area is 206 Å². The van der Waals surface area contributed by atoms with Gasteiger partial charge in [0.05, 0.1) is 35.7 Å². The number of rotatable bonds is 9. The Balaban J connectivity index is 1.60. The van der Waals surface area contributed by atoms with E-state index in [0.717, 1.165) is 10.5 Å². The summed E-state index contributed by atoms with van der Waals surface area (Å²) in [7, 11) is 1.50. The van der Waals surface area contributed by atoms with Gasteiger partial charge < -0.3 is 9.47 Å². The number of ether oxygens (including phenoxy) is 2. The van der Waals surface area contributed by atoms with Crippen molar-refractivity contribution in [3.05, 3.63) is 87.4 Å². The van der Waals surface area contributed by atoms with Crippen molar-refractivity contribution in [3.8, 4) is 17.6 Å². The lowest BCUT2D eigenvalue weighted by Gasteiger charge is -2.14. The van der Waals surface area contributed by atoms with Crippen molar-refractivity contribution in [1.29, 1.82) is 5.26 Å². The number of carbonyl (C=O) groups excluding carboxylic acids is 1. The standard InChI is InChI=1S/C24H19Cl2N3O3S/c1-31-22-11-16(13-28-29-23(30)15-33-20-8-6-19(25)7-9-20)10-21(26)24(22)32-14-18-5-3-2-4-17(18)12-27/h2-11,13H,14-15H2,1H3,(H,29,30)/b28-13-. The lowest BCUT2D eigenvalue weighted by atomic mass is 10.1. The zero-order chi connectivity index (χ0) is 23.6. The Morgan fingerprint density at radius 2 is 1.94 bits per heavy atom. The molecule has 0 heterocycles. The van der Waals surface area contributed by atoms with E-state index in [0.29, 0.717) is 32.7 Å². The van der Waals surface area contributed by atoms with E-state index in [1.54, 1.807) is 36.4 Å². The minimum Gasteiger partial charge on any atom is -0.493 e. The van der Waals surface area contributed by atoms with Crippen LogP contribution in [0.3, 0.4) is 0 Å². The van der Waals surface area contributed by atoms with Crippen LogP contribution < -0.4 is 14.9 Å². The Kier molecular flexibility index (Phi) is 9.02. The Morgan fingerprint density at radius 1 is 1.18 bits per heavy atom. The maximum Gasteiger partial charge on any atom is 0.250 e. The average molecular weight is 500 g/mol. The summed E-state index contributed by atoms with van der Waals surface area (Å²) in [5.41, 5.74) is 4.37. The quantitative estimate of drug-likeness (QED) is 0.232. The number of methoxy groups -OCH3 is 1. The zero-order valence-corrected chi connectivity index (χ0v) is 19.9. The molecule has 33 heavy (non-hydrogen) atoms. The summed E-state index contributed by atoms with van der Waals surface area (Å²) in [5.74, 6) is 0.718. The molecule has 0 radical (unpaired) electrons. The molecule has 168 valence electrons. The second-order valence-electron chi connectivity index (χ2n) is 6.63. The van der Waals surface area contributed by atoms with Crippen molar-refractivity contribution in [2.45, 2.75) is 11.5 Å². The molecule has 0 fully saturated rings. The first kappa shape index (κ1) is 24.5. The minimum atomic E-state index is -0.250. The van der Waals surface area contributed by atoms with Gasteiger partial charge >= 0.3 is 0 Å². The van der Waals surface area contributed by atoms with Crippen LogP contribution >= 0.6 is 35.0 Å². The summed E-state index contributed by atoms with van der Waals surface area (Å²) in [4.78, 5) is 13.0. The number of carbonyl (C=O) groups is 1. The van der Waals surface area contributed by atoms with Gasteiger partial charge in [-0.1, -0.05) is 41.4 Å². The second-order valence-corrected chi connectivity index (χ2v) is 8.52.